The number of nitrogens with zero attached hydrogens (tertiary/aromatic N) is 3. The number of rotatable bonds is 9. The molecule has 0 atom stereocenters. The first kappa shape index (κ1) is 25.6. The van der Waals surface area contributed by atoms with E-state index in [2.05, 4.69) is 16.7 Å². The van der Waals surface area contributed by atoms with Gasteiger partial charge in [0.15, 0.2) is 0 Å². The van der Waals surface area contributed by atoms with E-state index in [1.807, 2.05) is 55.4 Å². The quantitative estimate of drug-likeness (QED) is 0.455. The smallest absolute Gasteiger partial charge is 0.225 e. The maximum atomic E-state index is 5.51. The van der Waals surface area contributed by atoms with Crippen LogP contribution in [0.2, 0.25) is 0 Å². The van der Waals surface area contributed by atoms with Crippen molar-refractivity contribution in [3.05, 3.63) is 48.0 Å². The summed E-state index contributed by atoms with van der Waals surface area (Å²) in [7, 11) is 7.45. The van der Waals surface area contributed by atoms with Crippen molar-refractivity contribution in [2.24, 2.45) is 5.92 Å². The summed E-state index contributed by atoms with van der Waals surface area (Å²) in [6, 6.07) is 14.6. The molecule has 1 aromatic heterocycles. The number of ether oxygens (including phenoxy) is 2. The highest BCUT2D eigenvalue weighted by atomic mass is 16.5. The predicted octanol–water partition coefficient (Wildman–Crippen LogP) is 5.11. The Morgan fingerprint density at radius 3 is 2.44 bits per heavy atom. The van der Waals surface area contributed by atoms with Gasteiger partial charge in [0.1, 0.15) is 17.3 Å². The van der Waals surface area contributed by atoms with Gasteiger partial charge in [0.25, 0.3) is 0 Å². The fourth-order valence-corrected chi connectivity index (χ4v) is 4.56. The van der Waals surface area contributed by atoms with Crippen LogP contribution >= 0.6 is 0 Å². The van der Waals surface area contributed by atoms with Gasteiger partial charge in [-0.2, -0.15) is 4.98 Å². The monoisotopic (exact) mass is 465 g/mol. The van der Waals surface area contributed by atoms with E-state index in [4.69, 9.17) is 19.4 Å². The van der Waals surface area contributed by atoms with E-state index in [0.717, 1.165) is 46.9 Å². The van der Waals surface area contributed by atoms with Crippen LogP contribution in [0.1, 0.15) is 38.7 Å². The minimum absolute atomic E-state index is 0. The molecule has 1 saturated carbocycles. The first-order valence-corrected chi connectivity index (χ1v) is 11.7. The molecule has 184 valence electrons. The summed E-state index contributed by atoms with van der Waals surface area (Å²) in [5, 5.41) is 8.29. The Balaban J connectivity index is 0.00000324. The van der Waals surface area contributed by atoms with E-state index in [-0.39, 0.29) is 7.43 Å². The lowest BCUT2D eigenvalue weighted by Gasteiger charge is -2.29. The number of hydrogen-bond acceptors (Lipinski definition) is 7. The maximum absolute atomic E-state index is 5.51. The van der Waals surface area contributed by atoms with E-state index in [9.17, 15) is 0 Å². The molecule has 0 bridgehead atoms. The summed E-state index contributed by atoms with van der Waals surface area (Å²) in [4.78, 5) is 11.5. The van der Waals surface area contributed by atoms with Gasteiger partial charge in [0.2, 0.25) is 5.95 Å². The lowest BCUT2D eigenvalue weighted by molar-refractivity contribution is 0.298. The first-order valence-electron chi connectivity index (χ1n) is 11.7. The molecule has 1 heterocycles. The van der Waals surface area contributed by atoms with Crippen LogP contribution in [-0.4, -0.2) is 50.9 Å². The zero-order chi connectivity index (χ0) is 23.2. The molecule has 1 aliphatic carbocycles. The van der Waals surface area contributed by atoms with Gasteiger partial charge in [-0.15, -0.1) is 0 Å². The Kier molecular flexibility index (Phi) is 8.93. The van der Waals surface area contributed by atoms with Crippen molar-refractivity contribution in [3.8, 4) is 11.5 Å². The lowest BCUT2D eigenvalue weighted by Crippen LogP contribution is -2.34. The number of nitrogens with one attached hydrogen (secondary N) is 2. The SMILES string of the molecule is C.COc1ccc(OC)c(CNC2CCC(CNc3nc(N(C)C)c4ccccc4n3)CC2)c1. The fourth-order valence-electron chi connectivity index (χ4n) is 4.56. The molecule has 1 aliphatic rings. The van der Waals surface area contributed by atoms with Crippen LogP contribution in [0.5, 0.6) is 11.5 Å². The largest absolute Gasteiger partial charge is 0.497 e. The first-order chi connectivity index (χ1) is 16.1. The summed E-state index contributed by atoms with van der Waals surface area (Å²) in [5.74, 6) is 4.04. The van der Waals surface area contributed by atoms with Crippen molar-refractivity contribution in [1.82, 2.24) is 15.3 Å². The Morgan fingerprint density at radius 1 is 0.971 bits per heavy atom. The maximum Gasteiger partial charge on any atom is 0.225 e. The molecule has 0 spiro atoms. The molecular formula is C27H39N5O2. The fraction of sp³-hybridized carbons (Fsp3) is 0.481. The molecular weight excluding hydrogens is 426 g/mol. The number of hydrogen-bond donors (Lipinski definition) is 2. The molecule has 3 aromatic rings. The van der Waals surface area contributed by atoms with Crippen LogP contribution < -0.4 is 25.0 Å². The Hall–Kier alpha value is -3.06. The van der Waals surface area contributed by atoms with Gasteiger partial charge in [-0.1, -0.05) is 19.6 Å². The van der Waals surface area contributed by atoms with Gasteiger partial charge in [-0.05, 0) is 61.9 Å². The van der Waals surface area contributed by atoms with Gasteiger partial charge >= 0.3 is 0 Å². The van der Waals surface area contributed by atoms with Crippen LogP contribution in [0.25, 0.3) is 10.9 Å². The van der Waals surface area contributed by atoms with Gasteiger partial charge in [0.05, 0.1) is 19.7 Å². The van der Waals surface area contributed by atoms with Gasteiger partial charge in [0, 0.05) is 44.2 Å². The van der Waals surface area contributed by atoms with Crippen molar-refractivity contribution in [2.45, 2.75) is 45.7 Å². The van der Waals surface area contributed by atoms with E-state index in [1.54, 1.807) is 14.2 Å². The van der Waals surface area contributed by atoms with Crippen molar-refractivity contribution in [2.75, 3.05) is 45.1 Å². The highest BCUT2D eigenvalue weighted by molar-refractivity contribution is 5.90. The molecule has 0 saturated heterocycles. The second-order valence-corrected chi connectivity index (χ2v) is 8.94. The molecule has 1 fully saturated rings. The van der Waals surface area contributed by atoms with Crippen LogP contribution in [0, 0.1) is 5.92 Å². The molecule has 2 N–H and O–H groups in total. The topological polar surface area (TPSA) is 71.5 Å². The highest BCUT2D eigenvalue weighted by Gasteiger charge is 2.21. The Morgan fingerprint density at radius 2 is 1.74 bits per heavy atom. The summed E-state index contributed by atoms with van der Waals surface area (Å²) >= 11 is 0. The van der Waals surface area contributed by atoms with Crippen LogP contribution in [0.4, 0.5) is 11.8 Å². The number of benzene rings is 2. The number of aromatic nitrogens is 2. The molecule has 0 aliphatic heterocycles. The molecule has 4 rings (SSSR count). The number of para-hydroxylation sites is 1. The molecule has 0 radical (unpaired) electrons. The minimum atomic E-state index is 0. The molecule has 7 heteroatoms. The van der Waals surface area contributed by atoms with Crippen LogP contribution in [0.3, 0.4) is 0 Å². The van der Waals surface area contributed by atoms with Crippen molar-refractivity contribution in [3.63, 3.8) is 0 Å². The minimum Gasteiger partial charge on any atom is -0.497 e. The predicted molar refractivity (Wildman–Crippen MR) is 141 cm³/mol. The van der Waals surface area contributed by atoms with Gasteiger partial charge < -0.3 is 25.0 Å². The average molecular weight is 466 g/mol. The molecule has 2 aromatic carbocycles. The third kappa shape index (κ3) is 6.08. The normalized spacial score (nSPS) is 17.6. The summed E-state index contributed by atoms with van der Waals surface area (Å²) in [6.07, 6.45) is 4.71. The summed E-state index contributed by atoms with van der Waals surface area (Å²) in [5.41, 5.74) is 2.10. The third-order valence-corrected chi connectivity index (χ3v) is 6.47. The number of methoxy groups -OCH3 is 2. The molecule has 0 amide bonds. The van der Waals surface area contributed by atoms with Crippen molar-refractivity contribution < 1.29 is 9.47 Å². The van der Waals surface area contributed by atoms with Crippen LogP contribution in [-0.2, 0) is 6.54 Å². The lowest BCUT2D eigenvalue weighted by atomic mass is 9.86. The van der Waals surface area contributed by atoms with E-state index in [1.165, 1.54) is 25.7 Å². The zero-order valence-corrected chi connectivity index (χ0v) is 20.1. The Bertz CT molecular complexity index is 1060. The second kappa shape index (κ2) is 11.9. The summed E-state index contributed by atoms with van der Waals surface area (Å²) in [6.45, 7) is 1.69. The van der Waals surface area contributed by atoms with Gasteiger partial charge in [-0.25, -0.2) is 4.98 Å². The van der Waals surface area contributed by atoms with Gasteiger partial charge in [-0.3, -0.25) is 0 Å². The summed E-state index contributed by atoms with van der Waals surface area (Å²) < 4.78 is 10.9. The van der Waals surface area contributed by atoms with E-state index >= 15 is 0 Å². The molecule has 34 heavy (non-hydrogen) atoms. The standard InChI is InChI=1S/C26H35N5O2.CH4/c1-31(2)25-22-7-5-6-8-23(22)29-26(30-25)28-16-18-9-11-20(12-10-18)27-17-19-15-21(32-3)13-14-24(19)33-4;/h5-8,13-15,18,20,27H,9-12,16-17H2,1-4H3,(H,28,29,30);1H4. The zero-order valence-electron chi connectivity index (χ0n) is 20.1. The van der Waals surface area contributed by atoms with Crippen molar-refractivity contribution >= 4 is 22.7 Å². The number of fused-ring (bicyclic) bond motifs is 1. The molecule has 0 unspecified atom stereocenters. The second-order valence-electron chi connectivity index (χ2n) is 8.94. The average Bonchev–Trinajstić information content (AvgIpc) is 2.86. The van der Waals surface area contributed by atoms with E-state index in [0.29, 0.717) is 17.9 Å². The van der Waals surface area contributed by atoms with Crippen LogP contribution in [0.15, 0.2) is 42.5 Å². The molecule has 7 nitrogen and oxygen atoms in total. The highest BCUT2D eigenvalue weighted by Crippen LogP contribution is 2.28. The van der Waals surface area contributed by atoms with E-state index < -0.39 is 0 Å². The number of anilines is 2. The Labute approximate surface area is 203 Å². The third-order valence-electron chi connectivity index (χ3n) is 6.47. The van der Waals surface area contributed by atoms with Crippen molar-refractivity contribution in [1.29, 1.82) is 0 Å².